The number of aromatic nitrogens is 2. The van der Waals surface area contributed by atoms with Gasteiger partial charge in [0.2, 0.25) is 18.6 Å². The van der Waals surface area contributed by atoms with E-state index in [1.165, 1.54) is 0 Å². The maximum absolute atomic E-state index is 9.79. The first-order valence-electron chi connectivity index (χ1n) is 8.47. The van der Waals surface area contributed by atoms with Gasteiger partial charge in [-0.3, -0.25) is 5.10 Å². The van der Waals surface area contributed by atoms with Gasteiger partial charge in [0.05, 0.1) is 17.2 Å². The van der Waals surface area contributed by atoms with E-state index in [0.29, 0.717) is 23.0 Å². The number of rotatable bonds is 2. The predicted molar refractivity (Wildman–Crippen MR) is 104 cm³/mol. The highest BCUT2D eigenvalue weighted by atomic mass is 79.9. The summed E-state index contributed by atoms with van der Waals surface area (Å²) in [7, 11) is 0. The molecule has 138 valence electrons. The molecule has 2 aliphatic rings. The number of nitrogens with zero attached hydrogens (tertiary/aromatic N) is 2. The van der Waals surface area contributed by atoms with Crippen molar-refractivity contribution in [3.63, 3.8) is 0 Å². The Balaban J connectivity index is 1.73. The maximum atomic E-state index is 9.79. The van der Waals surface area contributed by atoms with E-state index < -0.39 is 5.92 Å². The minimum absolute atomic E-state index is 0.0551. The number of halogens is 1. The molecule has 0 bridgehead atoms. The number of fused-ring (bicyclic) bond motifs is 2. The molecule has 0 saturated carbocycles. The van der Waals surface area contributed by atoms with Crippen LogP contribution in [0.3, 0.4) is 0 Å². The molecule has 0 spiro atoms. The molecule has 0 saturated heterocycles. The van der Waals surface area contributed by atoms with E-state index in [-0.39, 0.29) is 12.7 Å². The van der Waals surface area contributed by atoms with Crippen molar-refractivity contribution in [2.24, 2.45) is 5.73 Å². The van der Waals surface area contributed by atoms with Gasteiger partial charge in [-0.1, -0.05) is 34.1 Å². The molecule has 2 aliphatic heterocycles. The van der Waals surface area contributed by atoms with Crippen LogP contribution in [-0.4, -0.2) is 17.0 Å². The first kappa shape index (κ1) is 16.7. The van der Waals surface area contributed by atoms with E-state index in [9.17, 15) is 5.26 Å². The van der Waals surface area contributed by atoms with Crippen LogP contribution in [0.25, 0.3) is 11.3 Å². The molecule has 2 aromatic carbocycles. The van der Waals surface area contributed by atoms with E-state index >= 15 is 0 Å². The van der Waals surface area contributed by atoms with Crippen molar-refractivity contribution in [1.82, 2.24) is 10.2 Å². The number of allylic oxidation sites excluding steroid dienone is 1. The Morgan fingerprint density at radius 2 is 2.00 bits per heavy atom. The van der Waals surface area contributed by atoms with Gasteiger partial charge in [0.25, 0.3) is 0 Å². The molecule has 3 heterocycles. The zero-order valence-electron chi connectivity index (χ0n) is 14.4. The third-order valence-electron chi connectivity index (χ3n) is 4.82. The number of hydrogen-bond acceptors (Lipinski definition) is 6. The summed E-state index contributed by atoms with van der Waals surface area (Å²) in [6, 6.07) is 15.5. The highest BCUT2D eigenvalue weighted by Gasteiger charge is 2.36. The van der Waals surface area contributed by atoms with Crippen molar-refractivity contribution in [1.29, 1.82) is 5.26 Å². The molecule has 0 amide bonds. The average Bonchev–Trinajstić information content (AvgIpc) is 3.33. The lowest BCUT2D eigenvalue weighted by Gasteiger charge is -2.24. The lowest BCUT2D eigenvalue weighted by atomic mass is 9.83. The van der Waals surface area contributed by atoms with Crippen LogP contribution in [0.1, 0.15) is 17.0 Å². The van der Waals surface area contributed by atoms with Crippen LogP contribution >= 0.6 is 15.9 Å². The second kappa shape index (κ2) is 6.32. The Bertz CT molecular complexity index is 1180. The maximum Gasteiger partial charge on any atom is 0.244 e. The highest BCUT2D eigenvalue weighted by molar-refractivity contribution is 9.10. The topological polar surface area (TPSA) is 106 Å². The molecule has 0 radical (unpaired) electrons. The third-order valence-corrected chi connectivity index (χ3v) is 5.54. The number of hydrogen-bond donors (Lipinski definition) is 2. The normalized spacial score (nSPS) is 17.1. The second-order valence-electron chi connectivity index (χ2n) is 6.33. The second-order valence-corrected chi connectivity index (χ2v) is 7.19. The van der Waals surface area contributed by atoms with Crippen molar-refractivity contribution >= 4 is 15.9 Å². The minimum Gasteiger partial charge on any atom is -0.454 e. The van der Waals surface area contributed by atoms with E-state index in [0.717, 1.165) is 26.9 Å². The Hall–Kier alpha value is -3.44. The molecule has 0 fully saturated rings. The van der Waals surface area contributed by atoms with Gasteiger partial charge in [-0.05, 0) is 29.8 Å². The molecule has 1 atom stereocenters. The van der Waals surface area contributed by atoms with Gasteiger partial charge >= 0.3 is 0 Å². The summed E-state index contributed by atoms with van der Waals surface area (Å²) in [5.74, 6) is 1.33. The highest BCUT2D eigenvalue weighted by Crippen LogP contribution is 2.48. The number of nitrogens with one attached hydrogen (secondary N) is 1. The van der Waals surface area contributed by atoms with Crippen LogP contribution in [0.15, 0.2) is 58.4 Å². The van der Waals surface area contributed by atoms with E-state index in [1.807, 2.05) is 42.5 Å². The van der Waals surface area contributed by atoms with Crippen molar-refractivity contribution in [2.75, 3.05) is 6.79 Å². The molecular weight excluding hydrogens is 424 g/mol. The van der Waals surface area contributed by atoms with Crippen LogP contribution in [0.5, 0.6) is 17.4 Å². The molecule has 0 aliphatic carbocycles. The van der Waals surface area contributed by atoms with Crippen molar-refractivity contribution in [2.45, 2.75) is 5.92 Å². The summed E-state index contributed by atoms with van der Waals surface area (Å²) >= 11 is 3.59. The monoisotopic (exact) mass is 436 g/mol. The third kappa shape index (κ3) is 2.44. The summed E-state index contributed by atoms with van der Waals surface area (Å²) in [6.07, 6.45) is 0. The summed E-state index contributed by atoms with van der Waals surface area (Å²) in [5.41, 5.74) is 9.59. The Morgan fingerprint density at radius 1 is 1.18 bits per heavy atom. The van der Waals surface area contributed by atoms with Crippen molar-refractivity contribution in [3.05, 3.63) is 69.5 Å². The van der Waals surface area contributed by atoms with Gasteiger partial charge in [0.15, 0.2) is 11.5 Å². The smallest absolute Gasteiger partial charge is 0.244 e. The standard InChI is InChI=1S/C20H13BrN4O3/c21-13-4-2-1-3-11(13)16-12(8-22)19(23)28-20-17(16)18(24-25-20)10-5-6-14-15(7-10)27-9-26-14/h1-7,16H,9,23H2,(H,24,25)/t16-/m1/s1. The van der Waals surface area contributed by atoms with Gasteiger partial charge in [-0.2, -0.15) is 5.26 Å². The number of H-pyrrole nitrogens is 1. The summed E-state index contributed by atoms with van der Waals surface area (Å²) in [6.45, 7) is 0.195. The van der Waals surface area contributed by atoms with Crippen LogP contribution < -0.4 is 19.9 Å². The summed E-state index contributed by atoms with van der Waals surface area (Å²) in [4.78, 5) is 0. The number of aromatic amines is 1. The molecule has 8 heteroatoms. The fourth-order valence-corrected chi connectivity index (χ4v) is 4.05. The molecule has 28 heavy (non-hydrogen) atoms. The number of nitrogens with two attached hydrogens (primary N) is 1. The average molecular weight is 437 g/mol. The molecule has 1 aromatic heterocycles. The zero-order valence-corrected chi connectivity index (χ0v) is 16.0. The molecular formula is C20H13BrN4O3. The van der Waals surface area contributed by atoms with Crippen LogP contribution in [-0.2, 0) is 0 Å². The fourth-order valence-electron chi connectivity index (χ4n) is 3.54. The largest absolute Gasteiger partial charge is 0.454 e. The van der Waals surface area contributed by atoms with Gasteiger partial charge in [-0.25, -0.2) is 0 Å². The van der Waals surface area contributed by atoms with Gasteiger partial charge in [-0.15, -0.1) is 5.10 Å². The predicted octanol–water partition coefficient (Wildman–Crippen LogP) is 3.79. The van der Waals surface area contributed by atoms with E-state index in [1.54, 1.807) is 0 Å². The summed E-state index contributed by atoms with van der Waals surface area (Å²) < 4.78 is 17.4. The van der Waals surface area contributed by atoms with E-state index in [4.69, 9.17) is 19.9 Å². The number of benzene rings is 2. The van der Waals surface area contributed by atoms with Gasteiger partial charge in [0.1, 0.15) is 11.6 Å². The van der Waals surface area contributed by atoms with Crippen LogP contribution in [0.2, 0.25) is 0 Å². The van der Waals surface area contributed by atoms with Gasteiger partial charge < -0.3 is 19.9 Å². The lowest BCUT2D eigenvalue weighted by Crippen LogP contribution is -2.21. The molecule has 0 unspecified atom stereocenters. The van der Waals surface area contributed by atoms with Crippen LogP contribution in [0.4, 0.5) is 0 Å². The molecule has 3 N–H and O–H groups in total. The molecule has 5 rings (SSSR count). The zero-order chi connectivity index (χ0) is 19.3. The Kier molecular flexibility index (Phi) is 3.77. The summed E-state index contributed by atoms with van der Waals surface area (Å²) in [5, 5.41) is 17.1. The quantitative estimate of drug-likeness (QED) is 0.632. The molecule has 7 nitrogen and oxygen atoms in total. The van der Waals surface area contributed by atoms with Crippen molar-refractivity contribution in [3.8, 4) is 34.7 Å². The Morgan fingerprint density at radius 3 is 2.82 bits per heavy atom. The minimum atomic E-state index is -0.427. The lowest BCUT2D eigenvalue weighted by molar-refractivity contribution is 0.174. The Labute approximate surface area is 168 Å². The first-order chi connectivity index (χ1) is 13.7. The fraction of sp³-hybridized carbons (Fsp3) is 0.100. The van der Waals surface area contributed by atoms with Crippen molar-refractivity contribution < 1.29 is 14.2 Å². The first-order valence-corrected chi connectivity index (χ1v) is 9.27. The number of nitriles is 1. The van der Waals surface area contributed by atoms with Gasteiger partial charge in [0, 0.05) is 10.0 Å². The number of ether oxygens (including phenoxy) is 3. The van der Waals surface area contributed by atoms with Crippen LogP contribution in [0, 0.1) is 11.3 Å². The molecule has 3 aromatic rings. The SMILES string of the molecule is N#CC1=C(N)Oc2n[nH]c(-c3ccc4c(c3)OCO4)c2[C@@H]1c1ccccc1Br. The van der Waals surface area contributed by atoms with E-state index in [2.05, 4.69) is 32.2 Å².